The maximum Gasteiger partial charge on any atom is 0.341 e. The van der Waals surface area contributed by atoms with E-state index in [1.165, 1.54) is 30.3 Å². The Morgan fingerprint density at radius 3 is 2.12 bits per heavy atom. The van der Waals surface area contributed by atoms with Gasteiger partial charge in [0.2, 0.25) is 19.9 Å². The van der Waals surface area contributed by atoms with Gasteiger partial charge in [0, 0.05) is 6.54 Å². The number of primary sulfonamides is 1. The smallest absolute Gasteiger partial charge is 0.341 e. The zero-order valence-corrected chi connectivity index (χ0v) is 14.5. The molecule has 0 aliphatic rings. The van der Waals surface area contributed by atoms with Crippen LogP contribution in [0.3, 0.4) is 0 Å². The van der Waals surface area contributed by atoms with E-state index in [1.807, 2.05) is 0 Å². The quantitative estimate of drug-likeness (QED) is 0.752. The molecule has 0 atom stereocenters. The van der Waals surface area contributed by atoms with E-state index in [4.69, 9.17) is 5.14 Å². The molecule has 0 aliphatic heterocycles. The molecule has 0 fully saturated rings. The largest absolute Gasteiger partial charge is 0.384 e. The van der Waals surface area contributed by atoms with Gasteiger partial charge in [-0.25, -0.2) is 22.0 Å². The van der Waals surface area contributed by atoms with Crippen molar-refractivity contribution in [3.63, 3.8) is 0 Å². The first kappa shape index (κ1) is 19.3. The summed E-state index contributed by atoms with van der Waals surface area (Å²) < 4.78 is 71.1. The predicted molar refractivity (Wildman–Crippen MR) is 89.6 cm³/mol. The van der Waals surface area contributed by atoms with Crippen molar-refractivity contribution in [1.82, 2.24) is 0 Å². The summed E-state index contributed by atoms with van der Waals surface area (Å²) in [6, 6.07) is 11.3. The number of halogens is 2. The minimum absolute atomic E-state index is 0.0161. The first-order chi connectivity index (χ1) is 11.6. The number of alkyl halides is 2. The highest BCUT2D eigenvalue weighted by Gasteiger charge is 2.28. The van der Waals surface area contributed by atoms with Gasteiger partial charge in [-0.1, -0.05) is 24.3 Å². The Morgan fingerprint density at radius 2 is 1.56 bits per heavy atom. The molecule has 0 aliphatic carbocycles. The van der Waals surface area contributed by atoms with E-state index in [2.05, 4.69) is 5.32 Å². The second kappa shape index (κ2) is 7.46. The molecule has 10 heteroatoms. The average Bonchev–Trinajstić information content (AvgIpc) is 2.54. The zero-order valence-electron chi connectivity index (χ0n) is 12.9. The van der Waals surface area contributed by atoms with Crippen molar-refractivity contribution in [3.8, 4) is 0 Å². The molecular formula is C15H16F2N2O4S2. The number of anilines is 1. The third kappa shape index (κ3) is 4.74. The standard InChI is InChI=1S/C15H16F2N2O4S2/c16-15(17)24(20,21)14-4-2-1-3-13(14)19-10-9-11-5-7-12(8-6-11)25(18,22)23/h1-8,15,19H,9-10H2,(H2,18,22,23). The third-order valence-corrected chi connectivity index (χ3v) is 5.78. The van der Waals surface area contributed by atoms with Crippen molar-refractivity contribution in [2.75, 3.05) is 11.9 Å². The topological polar surface area (TPSA) is 106 Å². The number of rotatable bonds is 7. The van der Waals surface area contributed by atoms with Crippen molar-refractivity contribution >= 4 is 25.5 Å². The van der Waals surface area contributed by atoms with Crippen LogP contribution in [0.5, 0.6) is 0 Å². The van der Waals surface area contributed by atoms with Gasteiger partial charge in [0.1, 0.15) is 0 Å². The van der Waals surface area contributed by atoms with Crippen LogP contribution >= 0.6 is 0 Å². The highest BCUT2D eigenvalue weighted by atomic mass is 32.2. The number of para-hydroxylation sites is 1. The van der Waals surface area contributed by atoms with E-state index < -0.39 is 30.5 Å². The maximum absolute atomic E-state index is 12.7. The van der Waals surface area contributed by atoms with Gasteiger partial charge >= 0.3 is 5.76 Å². The summed E-state index contributed by atoms with van der Waals surface area (Å²) in [4.78, 5) is -0.479. The molecule has 0 spiro atoms. The summed E-state index contributed by atoms with van der Waals surface area (Å²) >= 11 is 0. The fraction of sp³-hybridized carbons (Fsp3) is 0.200. The number of nitrogens with one attached hydrogen (secondary N) is 1. The molecule has 0 amide bonds. The Bertz CT molecular complexity index is 944. The van der Waals surface area contributed by atoms with Crippen molar-refractivity contribution < 1.29 is 25.6 Å². The number of hydrogen-bond donors (Lipinski definition) is 2. The Hall–Kier alpha value is -2.04. The van der Waals surface area contributed by atoms with Crippen LogP contribution in [0.4, 0.5) is 14.5 Å². The fourth-order valence-corrected chi connectivity index (χ4v) is 3.57. The second-order valence-electron chi connectivity index (χ2n) is 5.17. The Morgan fingerprint density at radius 1 is 0.960 bits per heavy atom. The van der Waals surface area contributed by atoms with Gasteiger partial charge in [0.05, 0.1) is 15.5 Å². The molecule has 0 saturated heterocycles. The number of sulfone groups is 1. The molecule has 0 bridgehead atoms. The average molecular weight is 390 g/mol. The number of benzene rings is 2. The molecule has 2 aromatic carbocycles. The van der Waals surface area contributed by atoms with Gasteiger partial charge in [-0.05, 0) is 36.2 Å². The highest BCUT2D eigenvalue weighted by molar-refractivity contribution is 7.91. The molecule has 2 aromatic rings. The van der Waals surface area contributed by atoms with E-state index in [9.17, 15) is 25.6 Å². The summed E-state index contributed by atoms with van der Waals surface area (Å²) in [5, 5.41) is 7.82. The summed E-state index contributed by atoms with van der Waals surface area (Å²) in [6.07, 6.45) is 0.425. The SMILES string of the molecule is NS(=O)(=O)c1ccc(CCNc2ccccc2S(=O)(=O)C(F)F)cc1. The lowest BCUT2D eigenvalue weighted by Gasteiger charge is -2.12. The van der Waals surface area contributed by atoms with E-state index in [0.29, 0.717) is 6.42 Å². The second-order valence-corrected chi connectivity index (χ2v) is 8.62. The Balaban J connectivity index is 2.08. The normalized spacial score (nSPS) is 12.3. The first-order valence-electron chi connectivity index (χ1n) is 7.09. The van der Waals surface area contributed by atoms with Crippen LogP contribution in [0.1, 0.15) is 5.56 Å². The maximum atomic E-state index is 12.7. The molecule has 0 unspecified atom stereocenters. The van der Waals surface area contributed by atoms with E-state index in [0.717, 1.165) is 11.6 Å². The number of sulfonamides is 1. The number of hydrogen-bond acceptors (Lipinski definition) is 5. The Kier molecular flexibility index (Phi) is 5.76. The van der Waals surface area contributed by atoms with Gasteiger partial charge in [-0.15, -0.1) is 0 Å². The molecule has 0 aromatic heterocycles. The van der Waals surface area contributed by atoms with Gasteiger partial charge in [0.25, 0.3) is 0 Å². The monoisotopic (exact) mass is 390 g/mol. The lowest BCUT2D eigenvalue weighted by molar-refractivity contribution is 0.235. The third-order valence-electron chi connectivity index (χ3n) is 3.41. The van der Waals surface area contributed by atoms with E-state index in [-0.39, 0.29) is 17.1 Å². The van der Waals surface area contributed by atoms with Gasteiger partial charge in [-0.3, -0.25) is 0 Å². The van der Waals surface area contributed by atoms with Crippen molar-refractivity contribution in [1.29, 1.82) is 0 Å². The van der Waals surface area contributed by atoms with Crippen LogP contribution in [0.25, 0.3) is 0 Å². The van der Waals surface area contributed by atoms with Gasteiger partial charge in [-0.2, -0.15) is 8.78 Å². The van der Waals surface area contributed by atoms with Crippen LogP contribution in [-0.4, -0.2) is 29.1 Å². The summed E-state index contributed by atoms with van der Waals surface area (Å²) in [5.41, 5.74) is 0.859. The molecule has 25 heavy (non-hydrogen) atoms. The number of nitrogens with two attached hydrogens (primary N) is 1. The minimum Gasteiger partial charge on any atom is -0.384 e. The van der Waals surface area contributed by atoms with Crippen molar-refractivity contribution in [2.45, 2.75) is 22.0 Å². The van der Waals surface area contributed by atoms with Crippen LogP contribution in [0, 0.1) is 0 Å². The molecule has 136 valence electrons. The Labute approximate surface area is 144 Å². The summed E-state index contributed by atoms with van der Waals surface area (Å²) in [7, 11) is -8.47. The van der Waals surface area contributed by atoms with Crippen LogP contribution in [0.15, 0.2) is 58.3 Å². The van der Waals surface area contributed by atoms with E-state index in [1.54, 1.807) is 12.1 Å². The van der Waals surface area contributed by atoms with Crippen LogP contribution in [0.2, 0.25) is 0 Å². The lowest BCUT2D eigenvalue weighted by Crippen LogP contribution is -2.15. The van der Waals surface area contributed by atoms with Crippen molar-refractivity contribution in [2.24, 2.45) is 5.14 Å². The summed E-state index contributed by atoms with van der Waals surface area (Å²) in [6.45, 7) is 0.268. The first-order valence-corrected chi connectivity index (χ1v) is 10.2. The fourth-order valence-electron chi connectivity index (χ4n) is 2.14. The minimum atomic E-state index is -4.70. The molecular weight excluding hydrogens is 374 g/mol. The lowest BCUT2D eigenvalue weighted by atomic mass is 10.1. The molecule has 6 nitrogen and oxygen atoms in total. The highest BCUT2D eigenvalue weighted by Crippen LogP contribution is 2.26. The van der Waals surface area contributed by atoms with Crippen LogP contribution in [-0.2, 0) is 26.3 Å². The molecule has 0 heterocycles. The van der Waals surface area contributed by atoms with Crippen LogP contribution < -0.4 is 10.5 Å². The predicted octanol–water partition coefficient (Wildman–Crippen LogP) is 1.98. The van der Waals surface area contributed by atoms with Gasteiger partial charge in [0.15, 0.2) is 0 Å². The molecule has 0 radical (unpaired) electrons. The molecule has 2 rings (SSSR count). The molecule has 3 N–H and O–H groups in total. The zero-order chi connectivity index (χ0) is 18.7. The summed E-state index contributed by atoms with van der Waals surface area (Å²) in [5.74, 6) is -3.50. The van der Waals surface area contributed by atoms with Crippen molar-refractivity contribution in [3.05, 3.63) is 54.1 Å². The molecule has 0 saturated carbocycles. The van der Waals surface area contributed by atoms with E-state index >= 15 is 0 Å². The van der Waals surface area contributed by atoms with Gasteiger partial charge < -0.3 is 5.32 Å².